The van der Waals surface area contributed by atoms with Gasteiger partial charge >= 0.3 is 0 Å². The van der Waals surface area contributed by atoms with E-state index in [2.05, 4.69) is 26.5 Å². The van der Waals surface area contributed by atoms with Gasteiger partial charge in [-0.05, 0) is 60.8 Å². The summed E-state index contributed by atoms with van der Waals surface area (Å²) < 4.78 is 35.8. The summed E-state index contributed by atoms with van der Waals surface area (Å²) in [5.41, 5.74) is 5.95. The molecule has 1 aromatic heterocycles. The summed E-state index contributed by atoms with van der Waals surface area (Å²) in [6, 6.07) is 2.30. The van der Waals surface area contributed by atoms with Gasteiger partial charge in [-0.3, -0.25) is 0 Å². The standard InChI is InChI=1S/C21H27N5O4S/c27-20(24-18-15-5-1-3-13(15)7-14-4-2-6-16(14)18)25-31(28,29)17-8-23-26-11-21(9-22-10-21)12-30-19(17)26/h7-8,20,22,24-25,27H,1-6,9-12H2. The predicted molar refractivity (Wildman–Crippen MR) is 113 cm³/mol. The number of aliphatic hydroxyl groups is 1. The number of rotatable bonds is 5. The lowest BCUT2D eigenvalue weighted by Gasteiger charge is -2.44. The van der Waals surface area contributed by atoms with E-state index in [0.717, 1.165) is 57.3 Å². The summed E-state index contributed by atoms with van der Waals surface area (Å²) in [5, 5.41) is 21.2. The molecule has 1 atom stereocenters. The fraction of sp³-hybridized carbons (Fsp3) is 0.571. The lowest BCUT2D eigenvalue weighted by atomic mass is 9.82. The van der Waals surface area contributed by atoms with E-state index in [1.54, 1.807) is 4.68 Å². The Morgan fingerprint density at radius 2 is 1.87 bits per heavy atom. The number of ether oxygens (including phenoxy) is 1. The second-order valence-corrected chi connectivity index (χ2v) is 10.9. The first-order valence-electron chi connectivity index (χ1n) is 11.0. The SMILES string of the molecule is O=S(=O)(NC(O)Nc1c2c(cc3c1CCC3)CCC2)c1cnn2c1OCC1(CNC1)C2. The molecule has 6 rings (SSSR count). The van der Waals surface area contributed by atoms with Crippen LogP contribution < -0.4 is 20.1 Å². The van der Waals surface area contributed by atoms with Gasteiger partial charge in [0.15, 0.2) is 11.2 Å². The molecular formula is C21H27N5O4S. The molecule has 31 heavy (non-hydrogen) atoms. The van der Waals surface area contributed by atoms with Crippen LogP contribution in [-0.2, 0) is 42.3 Å². The van der Waals surface area contributed by atoms with E-state index < -0.39 is 16.4 Å². The van der Waals surface area contributed by atoms with Gasteiger partial charge in [-0.2, -0.15) is 9.82 Å². The Hall–Kier alpha value is -2.14. The first-order chi connectivity index (χ1) is 14.9. The molecular weight excluding hydrogens is 418 g/mol. The lowest BCUT2D eigenvalue weighted by Crippen LogP contribution is -2.60. The summed E-state index contributed by atoms with van der Waals surface area (Å²) in [4.78, 5) is -0.0426. The highest BCUT2D eigenvalue weighted by Crippen LogP contribution is 2.39. The van der Waals surface area contributed by atoms with Crippen LogP contribution in [0.3, 0.4) is 0 Å². The van der Waals surface area contributed by atoms with Crippen molar-refractivity contribution in [3.63, 3.8) is 0 Å². The van der Waals surface area contributed by atoms with E-state index in [0.29, 0.717) is 13.2 Å². The Bertz CT molecular complexity index is 1120. The summed E-state index contributed by atoms with van der Waals surface area (Å²) in [6.45, 7) is 2.74. The van der Waals surface area contributed by atoms with Gasteiger partial charge in [0.1, 0.15) is 0 Å². The third-order valence-electron chi connectivity index (χ3n) is 7.07. The fourth-order valence-electron chi connectivity index (χ4n) is 5.44. The Morgan fingerprint density at radius 1 is 1.16 bits per heavy atom. The molecule has 1 unspecified atom stereocenters. The molecule has 1 saturated heterocycles. The third kappa shape index (κ3) is 3.15. The van der Waals surface area contributed by atoms with Crippen LogP contribution in [0.5, 0.6) is 5.88 Å². The molecule has 2 aliphatic heterocycles. The molecule has 4 aliphatic rings. The third-order valence-corrected chi connectivity index (χ3v) is 8.46. The number of anilines is 1. The highest BCUT2D eigenvalue weighted by Gasteiger charge is 2.43. The van der Waals surface area contributed by atoms with Crippen molar-refractivity contribution >= 4 is 15.7 Å². The van der Waals surface area contributed by atoms with Crippen molar-refractivity contribution in [2.24, 2.45) is 5.41 Å². The molecule has 2 aliphatic carbocycles. The quantitative estimate of drug-likeness (QED) is 0.496. The average molecular weight is 446 g/mol. The zero-order chi connectivity index (χ0) is 21.2. The largest absolute Gasteiger partial charge is 0.476 e. The maximum atomic E-state index is 13.0. The van der Waals surface area contributed by atoms with Crippen LogP contribution in [0.15, 0.2) is 17.2 Å². The zero-order valence-corrected chi connectivity index (χ0v) is 18.1. The molecule has 9 nitrogen and oxygen atoms in total. The molecule has 1 fully saturated rings. The summed E-state index contributed by atoms with van der Waals surface area (Å²) in [6.07, 6.45) is 6.01. The number of nitrogens with zero attached hydrogens (tertiary/aromatic N) is 2. The van der Waals surface area contributed by atoms with Crippen LogP contribution in [0.2, 0.25) is 0 Å². The van der Waals surface area contributed by atoms with E-state index in [9.17, 15) is 13.5 Å². The molecule has 0 amide bonds. The summed E-state index contributed by atoms with van der Waals surface area (Å²) in [7, 11) is -4.02. The first kappa shape index (κ1) is 19.5. The second kappa shape index (κ2) is 6.93. The Balaban J connectivity index is 1.23. The zero-order valence-electron chi connectivity index (χ0n) is 17.3. The first-order valence-corrected chi connectivity index (χ1v) is 12.5. The molecule has 0 radical (unpaired) electrons. The van der Waals surface area contributed by atoms with Crippen molar-refractivity contribution in [2.45, 2.75) is 56.3 Å². The number of nitrogens with one attached hydrogen (secondary N) is 3. The van der Waals surface area contributed by atoms with Crippen LogP contribution >= 0.6 is 0 Å². The number of fused-ring (bicyclic) bond motifs is 3. The van der Waals surface area contributed by atoms with Crippen molar-refractivity contribution in [3.8, 4) is 5.88 Å². The monoisotopic (exact) mass is 445 g/mol. The van der Waals surface area contributed by atoms with Gasteiger partial charge < -0.3 is 20.5 Å². The summed E-state index contributed by atoms with van der Waals surface area (Å²) >= 11 is 0. The number of hydrogen-bond donors (Lipinski definition) is 4. The highest BCUT2D eigenvalue weighted by atomic mass is 32.2. The van der Waals surface area contributed by atoms with E-state index in [4.69, 9.17) is 4.74 Å². The topological polar surface area (TPSA) is 118 Å². The molecule has 166 valence electrons. The Morgan fingerprint density at radius 3 is 2.52 bits per heavy atom. The Kier molecular flexibility index (Phi) is 4.37. The molecule has 1 spiro atoms. The van der Waals surface area contributed by atoms with Gasteiger partial charge in [0.2, 0.25) is 5.88 Å². The van der Waals surface area contributed by atoms with E-state index >= 15 is 0 Å². The van der Waals surface area contributed by atoms with Gasteiger partial charge in [0.25, 0.3) is 10.0 Å². The minimum atomic E-state index is -4.02. The van der Waals surface area contributed by atoms with Crippen LogP contribution in [-0.4, -0.2) is 49.4 Å². The van der Waals surface area contributed by atoms with Gasteiger partial charge in [-0.15, -0.1) is 0 Å². The van der Waals surface area contributed by atoms with E-state index in [-0.39, 0.29) is 16.2 Å². The normalized spacial score (nSPS) is 21.7. The maximum Gasteiger partial charge on any atom is 0.251 e. The van der Waals surface area contributed by atoms with Crippen molar-refractivity contribution < 1.29 is 18.3 Å². The number of aryl methyl sites for hydroxylation is 2. The molecule has 0 saturated carbocycles. The molecule has 3 heterocycles. The van der Waals surface area contributed by atoms with Gasteiger partial charge in [0, 0.05) is 24.2 Å². The highest BCUT2D eigenvalue weighted by molar-refractivity contribution is 7.89. The van der Waals surface area contributed by atoms with E-state index in [1.807, 2.05) is 0 Å². The molecule has 10 heteroatoms. The van der Waals surface area contributed by atoms with Crippen molar-refractivity contribution in [2.75, 3.05) is 25.0 Å². The van der Waals surface area contributed by atoms with E-state index in [1.165, 1.54) is 28.5 Å². The second-order valence-electron chi connectivity index (χ2n) is 9.27. The Labute approximate surface area is 181 Å². The minimum absolute atomic E-state index is 0.0113. The number of hydrogen-bond acceptors (Lipinski definition) is 7. The lowest BCUT2D eigenvalue weighted by molar-refractivity contribution is 0.0213. The number of benzene rings is 1. The number of sulfonamides is 1. The van der Waals surface area contributed by atoms with Crippen LogP contribution in [0.25, 0.3) is 0 Å². The predicted octanol–water partition coefficient (Wildman–Crippen LogP) is 0.509. The number of aliphatic hydroxyl groups excluding tert-OH is 1. The van der Waals surface area contributed by atoms with Crippen molar-refractivity contribution in [1.29, 1.82) is 0 Å². The molecule has 4 N–H and O–H groups in total. The minimum Gasteiger partial charge on any atom is -0.476 e. The van der Waals surface area contributed by atoms with Crippen LogP contribution in [0, 0.1) is 5.41 Å². The van der Waals surface area contributed by atoms with Crippen LogP contribution in [0.4, 0.5) is 5.69 Å². The average Bonchev–Trinajstić information content (AvgIpc) is 3.44. The summed E-state index contributed by atoms with van der Waals surface area (Å²) in [5.74, 6) is 0.235. The van der Waals surface area contributed by atoms with Crippen molar-refractivity contribution in [3.05, 3.63) is 34.5 Å². The molecule has 2 aromatic rings. The van der Waals surface area contributed by atoms with Gasteiger partial charge in [-0.1, -0.05) is 6.07 Å². The molecule has 0 bridgehead atoms. The smallest absolute Gasteiger partial charge is 0.251 e. The van der Waals surface area contributed by atoms with Gasteiger partial charge in [0.05, 0.1) is 19.3 Å². The van der Waals surface area contributed by atoms with Crippen LogP contribution in [0.1, 0.15) is 35.1 Å². The maximum absolute atomic E-state index is 13.0. The number of aromatic nitrogens is 2. The van der Waals surface area contributed by atoms with Crippen molar-refractivity contribution in [1.82, 2.24) is 19.8 Å². The fourth-order valence-corrected chi connectivity index (χ4v) is 6.50. The molecule has 1 aromatic carbocycles. The van der Waals surface area contributed by atoms with Gasteiger partial charge in [-0.25, -0.2) is 13.1 Å².